The summed E-state index contributed by atoms with van der Waals surface area (Å²) in [6, 6.07) is 71.7. The van der Waals surface area contributed by atoms with E-state index in [0.717, 1.165) is 12.1 Å². The Kier molecular flexibility index (Phi) is 8.19. The summed E-state index contributed by atoms with van der Waals surface area (Å²) in [7, 11) is 0. The maximum absolute atomic E-state index is 2.72. The molecule has 8 aromatic rings. The number of nitrogens with zero attached hydrogens (tertiary/aromatic N) is 1. The van der Waals surface area contributed by atoms with Gasteiger partial charge in [0.15, 0.2) is 0 Å². The Bertz CT molecular complexity index is 2800. The monoisotopic (exact) mass is 717 g/mol. The van der Waals surface area contributed by atoms with E-state index >= 15 is 0 Å². The fourth-order valence-corrected chi connectivity index (χ4v) is 9.76. The summed E-state index contributed by atoms with van der Waals surface area (Å²) < 4.78 is 0. The molecule has 268 valence electrons. The van der Waals surface area contributed by atoms with Crippen molar-refractivity contribution in [3.8, 4) is 33.4 Å². The highest BCUT2D eigenvalue weighted by Crippen LogP contribution is 2.59. The molecular formula is C55H43N. The largest absolute Gasteiger partial charge is 0.326 e. The van der Waals surface area contributed by atoms with E-state index in [1.165, 1.54) is 77.7 Å². The molecule has 0 radical (unpaired) electrons. The van der Waals surface area contributed by atoms with Crippen LogP contribution in [0.4, 0.5) is 11.4 Å². The lowest BCUT2D eigenvalue weighted by Crippen LogP contribution is -2.46. The van der Waals surface area contributed by atoms with Crippen LogP contribution in [0.5, 0.6) is 0 Å². The third-order valence-electron chi connectivity index (χ3n) is 12.2. The van der Waals surface area contributed by atoms with E-state index in [0.29, 0.717) is 0 Å². The highest BCUT2D eigenvalue weighted by atomic mass is 15.2. The first-order valence-electron chi connectivity index (χ1n) is 19.8. The molecule has 0 saturated heterocycles. The van der Waals surface area contributed by atoms with Gasteiger partial charge in [0.05, 0.1) is 0 Å². The lowest BCUT2D eigenvalue weighted by Gasteiger charge is -2.50. The van der Waals surface area contributed by atoms with Crippen molar-refractivity contribution in [2.24, 2.45) is 0 Å². The Morgan fingerprint density at radius 3 is 1.88 bits per heavy atom. The molecule has 0 heterocycles. The van der Waals surface area contributed by atoms with Gasteiger partial charge in [0.2, 0.25) is 0 Å². The van der Waals surface area contributed by atoms with Crippen LogP contribution in [0.15, 0.2) is 212 Å². The Morgan fingerprint density at radius 2 is 1.05 bits per heavy atom. The number of allylic oxidation sites excluding steroid dienone is 2. The van der Waals surface area contributed by atoms with Crippen LogP contribution >= 0.6 is 0 Å². The van der Waals surface area contributed by atoms with E-state index in [4.69, 9.17) is 0 Å². The summed E-state index contributed by atoms with van der Waals surface area (Å²) in [6.07, 6.45) is 7.77. The van der Waals surface area contributed by atoms with Gasteiger partial charge >= 0.3 is 0 Å². The predicted molar refractivity (Wildman–Crippen MR) is 237 cm³/mol. The van der Waals surface area contributed by atoms with Crippen LogP contribution in [0.25, 0.3) is 49.7 Å². The molecule has 0 aromatic heterocycles. The molecule has 0 bridgehead atoms. The highest BCUT2D eigenvalue weighted by molar-refractivity contribution is 5.98. The molecule has 1 heteroatoms. The molecule has 0 spiro atoms. The first-order chi connectivity index (χ1) is 27.6. The fraction of sp³-hybridized carbons (Fsp3) is 0.0909. The molecule has 0 fully saturated rings. The molecule has 0 amide bonds. The SMILES string of the molecule is CC1(C)c2ccccc2-c2cccc(N(c3cccc(-c4cccc5ccccc45)c3)C3(c4ccccc4-c4ccccc4)CC=CC=C3c3ccccc3)c21. The highest BCUT2D eigenvalue weighted by Gasteiger charge is 2.48. The molecule has 0 aliphatic heterocycles. The number of benzene rings is 8. The lowest BCUT2D eigenvalue weighted by molar-refractivity contribution is 0.560. The molecule has 56 heavy (non-hydrogen) atoms. The number of fused-ring (bicyclic) bond motifs is 4. The van der Waals surface area contributed by atoms with E-state index < -0.39 is 5.54 Å². The zero-order chi connectivity index (χ0) is 37.7. The first kappa shape index (κ1) is 33.8. The van der Waals surface area contributed by atoms with Gasteiger partial charge in [-0.1, -0.05) is 208 Å². The van der Waals surface area contributed by atoms with Gasteiger partial charge in [-0.15, -0.1) is 0 Å². The van der Waals surface area contributed by atoms with Crippen molar-refractivity contribution in [2.45, 2.75) is 31.2 Å². The summed E-state index contributed by atoms with van der Waals surface area (Å²) in [5.41, 5.74) is 15.5. The van der Waals surface area contributed by atoms with Crippen molar-refractivity contribution in [1.29, 1.82) is 0 Å². The predicted octanol–water partition coefficient (Wildman–Crippen LogP) is 14.6. The van der Waals surface area contributed by atoms with Gasteiger partial charge < -0.3 is 4.90 Å². The molecule has 1 unspecified atom stereocenters. The normalized spacial score (nSPS) is 16.6. The minimum atomic E-state index is -0.653. The minimum Gasteiger partial charge on any atom is -0.326 e. The van der Waals surface area contributed by atoms with Crippen molar-refractivity contribution >= 4 is 27.7 Å². The van der Waals surface area contributed by atoms with Gasteiger partial charge in [0.1, 0.15) is 5.54 Å². The average Bonchev–Trinajstić information content (AvgIpc) is 3.50. The Balaban J connectivity index is 1.34. The molecule has 1 atom stereocenters. The Labute approximate surface area is 330 Å². The zero-order valence-electron chi connectivity index (χ0n) is 31.9. The topological polar surface area (TPSA) is 3.24 Å². The van der Waals surface area contributed by atoms with Crippen LogP contribution in [0, 0.1) is 0 Å². The van der Waals surface area contributed by atoms with E-state index in [2.05, 4.69) is 231 Å². The summed E-state index contributed by atoms with van der Waals surface area (Å²) in [6.45, 7) is 4.82. The molecule has 0 N–H and O–H groups in total. The number of hydrogen-bond donors (Lipinski definition) is 0. The lowest BCUT2D eigenvalue weighted by atomic mass is 9.70. The van der Waals surface area contributed by atoms with E-state index in [9.17, 15) is 0 Å². The van der Waals surface area contributed by atoms with Crippen molar-refractivity contribution < 1.29 is 0 Å². The second kappa shape index (κ2) is 13.6. The van der Waals surface area contributed by atoms with Gasteiger partial charge in [-0.2, -0.15) is 0 Å². The van der Waals surface area contributed by atoms with Crippen LogP contribution in [0.2, 0.25) is 0 Å². The Hall–Kier alpha value is -6.70. The quantitative estimate of drug-likeness (QED) is 0.159. The average molecular weight is 718 g/mol. The van der Waals surface area contributed by atoms with Crippen molar-refractivity contribution in [3.63, 3.8) is 0 Å². The van der Waals surface area contributed by atoms with Crippen LogP contribution in [-0.2, 0) is 11.0 Å². The van der Waals surface area contributed by atoms with Crippen molar-refractivity contribution in [2.75, 3.05) is 4.90 Å². The van der Waals surface area contributed by atoms with Gasteiger partial charge in [-0.25, -0.2) is 0 Å². The maximum Gasteiger partial charge on any atom is 0.100 e. The van der Waals surface area contributed by atoms with Crippen LogP contribution in [-0.4, -0.2) is 0 Å². The summed E-state index contributed by atoms with van der Waals surface area (Å²) in [4.78, 5) is 2.72. The van der Waals surface area contributed by atoms with Gasteiger partial charge in [0.25, 0.3) is 0 Å². The number of rotatable bonds is 7. The standard InChI is InChI=1S/C55H43N/c1-54(2)50-34-13-12-30-47(50)48-32-19-36-52(53(48)54)56(43-27-17-26-42(38-43)45-31-18-25-39-22-9-10-28-44(39)45)55(37-16-15-33-49(55)41-23-7-4-8-24-41)51-35-14-11-29-46(51)40-20-5-3-6-21-40/h3-36,38H,37H2,1-2H3. The summed E-state index contributed by atoms with van der Waals surface area (Å²) >= 11 is 0. The van der Waals surface area contributed by atoms with Crippen LogP contribution < -0.4 is 4.90 Å². The van der Waals surface area contributed by atoms with Gasteiger partial charge in [-0.05, 0) is 96.6 Å². The van der Waals surface area contributed by atoms with E-state index in [1.54, 1.807) is 0 Å². The molecule has 0 saturated carbocycles. The van der Waals surface area contributed by atoms with Gasteiger partial charge in [-0.3, -0.25) is 0 Å². The molecular weight excluding hydrogens is 675 g/mol. The second-order valence-electron chi connectivity index (χ2n) is 15.6. The summed E-state index contributed by atoms with van der Waals surface area (Å²) in [5.74, 6) is 0. The first-order valence-corrected chi connectivity index (χ1v) is 19.8. The third-order valence-corrected chi connectivity index (χ3v) is 12.2. The molecule has 1 nitrogen and oxygen atoms in total. The van der Waals surface area contributed by atoms with Gasteiger partial charge in [0, 0.05) is 16.8 Å². The number of hydrogen-bond acceptors (Lipinski definition) is 1. The van der Waals surface area contributed by atoms with E-state index in [-0.39, 0.29) is 5.41 Å². The number of anilines is 2. The Morgan fingerprint density at radius 1 is 0.464 bits per heavy atom. The minimum absolute atomic E-state index is 0.241. The maximum atomic E-state index is 2.72. The third kappa shape index (κ3) is 5.30. The van der Waals surface area contributed by atoms with Crippen LogP contribution in [0.3, 0.4) is 0 Å². The molecule has 10 rings (SSSR count). The zero-order valence-corrected chi connectivity index (χ0v) is 31.9. The molecule has 2 aliphatic carbocycles. The van der Waals surface area contributed by atoms with Crippen LogP contribution in [0.1, 0.15) is 42.5 Å². The molecule has 2 aliphatic rings. The summed E-state index contributed by atoms with van der Waals surface area (Å²) in [5, 5.41) is 2.50. The van der Waals surface area contributed by atoms with Crippen molar-refractivity contribution in [1.82, 2.24) is 0 Å². The molecule has 8 aromatic carbocycles. The second-order valence-corrected chi connectivity index (χ2v) is 15.6. The van der Waals surface area contributed by atoms with E-state index in [1.807, 2.05) is 0 Å². The smallest absolute Gasteiger partial charge is 0.100 e. The van der Waals surface area contributed by atoms with Crippen molar-refractivity contribution in [3.05, 3.63) is 235 Å². The fourth-order valence-electron chi connectivity index (χ4n) is 9.76.